The number of ether oxygens (including phenoxy) is 1. The minimum absolute atomic E-state index is 0.476. The molecule has 3 aromatic carbocycles. The predicted molar refractivity (Wildman–Crippen MR) is 97.4 cm³/mol. The van der Waals surface area contributed by atoms with Gasteiger partial charge in [0.15, 0.2) is 0 Å². The van der Waals surface area contributed by atoms with Crippen LogP contribution < -0.4 is 4.74 Å². The largest absolute Gasteiger partial charge is 0.487 e. The molecule has 4 aromatic rings. The van der Waals surface area contributed by atoms with Crippen LogP contribution in [-0.4, -0.2) is 15.1 Å². The maximum Gasteiger partial charge on any atom is 0.147 e. The summed E-state index contributed by atoms with van der Waals surface area (Å²) in [6.45, 7) is 0.476. The first kappa shape index (κ1) is 15.4. The standard InChI is InChI=1S/C21H18N2O2/c24-20(16-10-5-2-6-11-16)21-22-17-12-7-13-18(19(17)23-21)25-14-15-8-3-1-4-9-15/h1-13,20,24H,14H2,(H,22,23). The van der Waals surface area contributed by atoms with Gasteiger partial charge in [-0.2, -0.15) is 0 Å². The van der Waals surface area contributed by atoms with Gasteiger partial charge in [-0.3, -0.25) is 0 Å². The van der Waals surface area contributed by atoms with Crippen LogP contribution in [0.4, 0.5) is 0 Å². The van der Waals surface area contributed by atoms with E-state index in [-0.39, 0.29) is 0 Å². The maximum atomic E-state index is 10.6. The van der Waals surface area contributed by atoms with Crippen LogP contribution in [0, 0.1) is 0 Å². The van der Waals surface area contributed by atoms with Gasteiger partial charge in [0.25, 0.3) is 0 Å². The molecule has 1 aromatic heterocycles. The third-order valence-electron chi connectivity index (χ3n) is 4.11. The molecular formula is C21H18N2O2. The highest BCUT2D eigenvalue weighted by molar-refractivity contribution is 5.81. The number of rotatable bonds is 5. The monoisotopic (exact) mass is 330 g/mol. The quantitative estimate of drug-likeness (QED) is 0.576. The first-order valence-electron chi connectivity index (χ1n) is 8.19. The van der Waals surface area contributed by atoms with E-state index in [0.29, 0.717) is 18.2 Å². The third-order valence-corrected chi connectivity index (χ3v) is 4.11. The molecule has 25 heavy (non-hydrogen) atoms. The van der Waals surface area contributed by atoms with E-state index in [1.165, 1.54) is 0 Å². The van der Waals surface area contributed by atoms with Gasteiger partial charge in [0.05, 0.1) is 5.52 Å². The van der Waals surface area contributed by atoms with Gasteiger partial charge in [-0.25, -0.2) is 4.98 Å². The molecular weight excluding hydrogens is 312 g/mol. The van der Waals surface area contributed by atoms with Crippen LogP contribution >= 0.6 is 0 Å². The lowest BCUT2D eigenvalue weighted by molar-refractivity contribution is 0.211. The van der Waals surface area contributed by atoms with E-state index in [0.717, 1.165) is 22.2 Å². The molecule has 124 valence electrons. The number of hydrogen-bond acceptors (Lipinski definition) is 3. The van der Waals surface area contributed by atoms with Crippen LogP contribution in [-0.2, 0) is 6.61 Å². The minimum Gasteiger partial charge on any atom is -0.487 e. The molecule has 1 unspecified atom stereocenters. The lowest BCUT2D eigenvalue weighted by atomic mass is 10.1. The van der Waals surface area contributed by atoms with E-state index in [4.69, 9.17) is 4.74 Å². The van der Waals surface area contributed by atoms with Crippen molar-refractivity contribution in [2.45, 2.75) is 12.7 Å². The van der Waals surface area contributed by atoms with Crippen molar-refractivity contribution in [3.63, 3.8) is 0 Å². The van der Waals surface area contributed by atoms with Crippen molar-refractivity contribution in [2.75, 3.05) is 0 Å². The van der Waals surface area contributed by atoms with Crippen LogP contribution in [0.5, 0.6) is 5.75 Å². The zero-order valence-corrected chi connectivity index (χ0v) is 13.6. The average Bonchev–Trinajstić information content (AvgIpc) is 3.12. The van der Waals surface area contributed by atoms with Crippen molar-refractivity contribution in [1.82, 2.24) is 9.97 Å². The molecule has 2 N–H and O–H groups in total. The fraction of sp³-hybridized carbons (Fsp3) is 0.0952. The number of nitrogens with one attached hydrogen (secondary N) is 1. The fourth-order valence-electron chi connectivity index (χ4n) is 2.80. The molecule has 0 aliphatic carbocycles. The number of hydrogen-bond donors (Lipinski definition) is 2. The summed E-state index contributed by atoms with van der Waals surface area (Å²) in [6, 6.07) is 25.2. The maximum absolute atomic E-state index is 10.6. The van der Waals surface area contributed by atoms with Gasteiger partial charge in [0, 0.05) is 0 Å². The van der Waals surface area contributed by atoms with Crippen LogP contribution in [0.1, 0.15) is 23.1 Å². The number of para-hydroxylation sites is 1. The lowest BCUT2D eigenvalue weighted by Gasteiger charge is -2.07. The number of H-pyrrole nitrogens is 1. The minimum atomic E-state index is -0.796. The Hall–Kier alpha value is -3.11. The second-order valence-corrected chi connectivity index (χ2v) is 5.86. The smallest absolute Gasteiger partial charge is 0.147 e. The summed E-state index contributed by atoms with van der Waals surface area (Å²) in [4.78, 5) is 7.76. The molecule has 0 spiro atoms. The fourth-order valence-corrected chi connectivity index (χ4v) is 2.80. The Kier molecular flexibility index (Phi) is 4.19. The molecule has 0 saturated heterocycles. The Balaban J connectivity index is 1.62. The molecule has 0 radical (unpaired) electrons. The van der Waals surface area contributed by atoms with E-state index >= 15 is 0 Å². The van der Waals surface area contributed by atoms with Crippen molar-refractivity contribution < 1.29 is 9.84 Å². The highest BCUT2D eigenvalue weighted by Crippen LogP contribution is 2.28. The van der Waals surface area contributed by atoms with Gasteiger partial charge in [-0.05, 0) is 23.3 Å². The number of benzene rings is 3. The molecule has 4 rings (SSSR count). The Morgan fingerprint density at radius 3 is 2.36 bits per heavy atom. The number of aromatic nitrogens is 2. The summed E-state index contributed by atoms with van der Waals surface area (Å²) in [5, 5.41) is 10.6. The molecule has 1 atom stereocenters. The summed E-state index contributed by atoms with van der Waals surface area (Å²) in [5.41, 5.74) is 3.46. The number of aromatic amines is 1. The molecule has 4 nitrogen and oxygen atoms in total. The second-order valence-electron chi connectivity index (χ2n) is 5.86. The van der Waals surface area contributed by atoms with E-state index in [2.05, 4.69) is 9.97 Å². The van der Waals surface area contributed by atoms with E-state index in [1.807, 2.05) is 78.9 Å². The zero-order chi connectivity index (χ0) is 17.1. The molecule has 0 saturated carbocycles. The molecule has 1 heterocycles. The molecule has 0 aliphatic heterocycles. The highest BCUT2D eigenvalue weighted by Gasteiger charge is 2.16. The molecule has 0 aliphatic rings. The van der Waals surface area contributed by atoms with Crippen molar-refractivity contribution >= 4 is 11.0 Å². The first-order chi connectivity index (χ1) is 12.3. The Bertz CT molecular complexity index is 965. The second kappa shape index (κ2) is 6.79. The first-order valence-corrected chi connectivity index (χ1v) is 8.19. The van der Waals surface area contributed by atoms with Crippen LogP contribution in [0.25, 0.3) is 11.0 Å². The number of fused-ring (bicyclic) bond motifs is 1. The van der Waals surface area contributed by atoms with Crippen LogP contribution in [0.3, 0.4) is 0 Å². The zero-order valence-electron chi connectivity index (χ0n) is 13.6. The molecule has 0 bridgehead atoms. The van der Waals surface area contributed by atoms with Gasteiger partial charge in [0.1, 0.15) is 29.8 Å². The van der Waals surface area contributed by atoms with E-state index in [9.17, 15) is 5.11 Å². The summed E-state index contributed by atoms with van der Waals surface area (Å²) in [6.07, 6.45) is -0.796. The summed E-state index contributed by atoms with van der Waals surface area (Å²) in [5.74, 6) is 1.21. The SMILES string of the molecule is OC(c1ccccc1)c1nc2c(OCc3ccccc3)cccc2[nH]1. The number of aliphatic hydroxyl groups is 1. The third kappa shape index (κ3) is 3.25. The van der Waals surface area contributed by atoms with Crippen molar-refractivity contribution in [1.29, 1.82) is 0 Å². The number of aliphatic hydroxyl groups excluding tert-OH is 1. The van der Waals surface area contributed by atoms with Crippen LogP contribution in [0.15, 0.2) is 78.9 Å². The summed E-state index contributed by atoms with van der Waals surface area (Å²) < 4.78 is 5.94. The van der Waals surface area contributed by atoms with E-state index in [1.54, 1.807) is 0 Å². The van der Waals surface area contributed by atoms with Gasteiger partial charge in [-0.15, -0.1) is 0 Å². The Morgan fingerprint density at radius 1 is 0.880 bits per heavy atom. The number of imidazole rings is 1. The topological polar surface area (TPSA) is 58.1 Å². The lowest BCUT2D eigenvalue weighted by Crippen LogP contribution is -2.01. The highest BCUT2D eigenvalue weighted by atomic mass is 16.5. The normalized spacial score (nSPS) is 12.2. The van der Waals surface area contributed by atoms with Gasteiger partial charge < -0.3 is 14.8 Å². The van der Waals surface area contributed by atoms with E-state index < -0.39 is 6.10 Å². The van der Waals surface area contributed by atoms with Gasteiger partial charge in [-0.1, -0.05) is 66.7 Å². The summed E-state index contributed by atoms with van der Waals surface area (Å²) in [7, 11) is 0. The summed E-state index contributed by atoms with van der Waals surface area (Å²) >= 11 is 0. The van der Waals surface area contributed by atoms with Crippen LogP contribution in [0.2, 0.25) is 0 Å². The van der Waals surface area contributed by atoms with Gasteiger partial charge >= 0.3 is 0 Å². The Labute approximate surface area is 145 Å². The number of nitrogens with zero attached hydrogens (tertiary/aromatic N) is 1. The molecule has 0 fully saturated rings. The average molecular weight is 330 g/mol. The Morgan fingerprint density at radius 2 is 1.60 bits per heavy atom. The van der Waals surface area contributed by atoms with Gasteiger partial charge in [0.2, 0.25) is 0 Å². The van der Waals surface area contributed by atoms with Crippen molar-refractivity contribution in [3.05, 3.63) is 95.8 Å². The predicted octanol–water partition coefficient (Wildman–Crippen LogP) is 4.22. The van der Waals surface area contributed by atoms with Crippen molar-refractivity contribution in [3.8, 4) is 5.75 Å². The van der Waals surface area contributed by atoms with Crippen molar-refractivity contribution in [2.24, 2.45) is 0 Å². The molecule has 0 amide bonds. The molecule has 4 heteroatoms.